The summed E-state index contributed by atoms with van der Waals surface area (Å²) in [6, 6.07) is 9.83. The first kappa shape index (κ1) is 15.6. The normalized spacial score (nSPS) is 10.7. The molecule has 0 radical (unpaired) electrons. The van der Waals surface area contributed by atoms with E-state index in [-0.39, 0.29) is 16.5 Å². The molecule has 0 unspecified atom stereocenters. The van der Waals surface area contributed by atoms with Crippen LogP contribution in [0.4, 0.5) is 5.82 Å². The van der Waals surface area contributed by atoms with E-state index >= 15 is 0 Å². The minimum Gasteiger partial charge on any atom is -0.302 e. The first-order valence-electron chi connectivity index (χ1n) is 6.80. The molecule has 0 atom stereocenters. The van der Waals surface area contributed by atoms with Crippen molar-refractivity contribution in [2.75, 3.05) is 5.32 Å². The molecule has 1 N–H and O–H groups in total. The number of nitrogens with one attached hydrogen (secondary N) is 1. The lowest BCUT2D eigenvalue weighted by Gasteiger charge is -2.04. The van der Waals surface area contributed by atoms with Gasteiger partial charge in [-0.25, -0.2) is 0 Å². The Hall–Kier alpha value is -2.31. The highest BCUT2D eigenvalue weighted by molar-refractivity contribution is 6.35. The third-order valence-electron chi connectivity index (χ3n) is 3.25. The zero-order valence-corrected chi connectivity index (χ0v) is 13.7. The predicted octanol–water partition coefficient (Wildman–Crippen LogP) is 3.22. The smallest absolute Gasteiger partial charge is 0.276 e. The number of aryl methyl sites for hydroxylation is 1. The predicted molar refractivity (Wildman–Crippen MR) is 89.0 cm³/mol. The third-order valence-corrected chi connectivity index (χ3v) is 3.80. The number of hydrogen-bond donors (Lipinski definition) is 1. The van der Waals surface area contributed by atoms with Crippen molar-refractivity contribution in [1.82, 2.24) is 19.6 Å². The lowest BCUT2D eigenvalue weighted by atomic mass is 10.2. The molecule has 0 aliphatic carbocycles. The summed E-state index contributed by atoms with van der Waals surface area (Å²) in [4.78, 5) is 12.3. The molecule has 3 rings (SSSR count). The minimum atomic E-state index is -0.415. The number of aromatic nitrogens is 4. The summed E-state index contributed by atoms with van der Waals surface area (Å²) in [5, 5.41) is 11.5. The largest absolute Gasteiger partial charge is 0.302 e. The molecule has 1 aromatic carbocycles. The van der Waals surface area contributed by atoms with Crippen LogP contribution in [0.1, 0.15) is 16.1 Å². The van der Waals surface area contributed by atoms with Crippen LogP contribution in [0.5, 0.6) is 0 Å². The van der Waals surface area contributed by atoms with Crippen LogP contribution < -0.4 is 5.32 Å². The second kappa shape index (κ2) is 6.44. The zero-order chi connectivity index (χ0) is 16.4. The van der Waals surface area contributed by atoms with Gasteiger partial charge in [-0.15, -0.1) is 0 Å². The Kier molecular flexibility index (Phi) is 4.36. The highest BCUT2D eigenvalue weighted by Crippen LogP contribution is 2.22. The van der Waals surface area contributed by atoms with E-state index < -0.39 is 5.91 Å². The van der Waals surface area contributed by atoms with Crippen molar-refractivity contribution in [2.24, 2.45) is 7.05 Å². The standard InChI is InChI=1S/C15H13Cl2N5O/c1-21-13(11(16)7-18-21)15(23)19-14-12(17)9-22(20-14)8-10-5-3-2-4-6-10/h2-7,9H,8H2,1H3,(H,19,20,23). The maximum atomic E-state index is 12.3. The van der Waals surface area contributed by atoms with E-state index in [2.05, 4.69) is 15.5 Å². The first-order valence-corrected chi connectivity index (χ1v) is 7.56. The quantitative estimate of drug-likeness (QED) is 0.786. The molecule has 0 bridgehead atoms. The summed E-state index contributed by atoms with van der Waals surface area (Å²) in [6.07, 6.45) is 3.07. The van der Waals surface area contributed by atoms with Crippen molar-refractivity contribution >= 4 is 34.9 Å². The zero-order valence-electron chi connectivity index (χ0n) is 12.2. The van der Waals surface area contributed by atoms with E-state index in [9.17, 15) is 4.79 Å². The van der Waals surface area contributed by atoms with Crippen LogP contribution in [0.2, 0.25) is 10.0 Å². The number of halogens is 2. The van der Waals surface area contributed by atoms with Crippen LogP contribution in [0.3, 0.4) is 0 Å². The van der Waals surface area contributed by atoms with Crippen LogP contribution in [-0.2, 0) is 13.6 Å². The molecule has 118 valence electrons. The van der Waals surface area contributed by atoms with E-state index in [0.717, 1.165) is 5.56 Å². The van der Waals surface area contributed by atoms with Gasteiger partial charge in [0.25, 0.3) is 5.91 Å². The van der Waals surface area contributed by atoms with Gasteiger partial charge in [0.15, 0.2) is 5.82 Å². The van der Waals surface area contributed by atoms with Crippen LogP contribution >= 0.6 is 23.2 Å². The number of rotatable bonds is 4. The summed E-state index contributed by atoms with van der Waals surface area (Å²) in [6.45, 7) is 0.558. The summed E-state index contributed by atoms with van der Waals surface area (Å²) < 4.78 is 3.06. The number of amides is 1. The Balaban J connectivity index is 1.78. The third kappa shape index (κ3) is 3.38. The molecule has 2 aromatic heterocycles. The molecule has 0 spiro atoms. The van der Waals surface area contributed by atoms with Gasteiger partial charge >= 0.3 is 0 Å². The van der Waals surface area contributed by atoms with Crippen molar-refractivity contribution in [3.8, 4) is 0 Å². The van der Waals surface area contributed by atoms with Gasteiger partial charge in [-0.2, -0.15) is 10.2 Å². The molecule has 6 nitrogen and oxygen atoms in total. The highest BCUT2D eigenvalue weighted by atomic mass is 35.5. The van der Waals surface area contributed by atoms with Gasteiger partial charge in [-0.1, -0.05) is 53.5 Å². The molecule has 8 heteroatoms. The number of carbonyl (C=O) groups excluding carboxylic acids is 1. The molecule has 0 saturated heterocycles. The molecule has 0 fully saturated rings. The summed E-state index contributed by atoms with van der Waals surface area (Å²) in [7, 11) is 1.64. The monoisotopic (exact) mass is 349 g/mol. The van der Waals surface area contributed by atoms with Gasteiger partial charge in [0.2, 0.25) is 0 Å². The average molecular weight is 350 g/mol. The molecule has 0 aliphatic rings. The van der Waals surface area contributed by atoms with Crippen molar-refractivity contribution in [2.45, 2.75) is 6.54 Å². The molecular weight excluding hydrogens is 337 g/mol. The maximum absolute atomic E-state index is 12.3. The van der Waals surface area contributed by atoms with Gasteiger partial charge in [0.1, 0.15) is 10.7 Å². The number of anilines is 1. The van der Waals surface area contributed by atoms with E-state index in [1.54, 1.807) is 17.9 Å². The van der Waals surface area contributed by atoms with Gasteiger partial charge in [-0.3, -0.25) is 14.2 Å². The van der Waals surface area contributed by atoms with Crippen molar-refractivity contribution in [1.29, 1.82) is 0 Å². The van der Waals surface area contributed by atoms with Crippen LogP contribution in [0.25, 0.3) is 0 Å². The SMILES string of the molecule is Cn1ncc(Cl)c1C(=O)Nc1nn(Cc2ccccc2)cc1Cl. The van der Waals surface area contributed by atoms with E-state index in [4.69, 9.17) is 23.2 Å². The van der Waals surface area contributed by atoms with Gasteiger partial charge in [0, 0.05) is 13.2 Å². The molecule has 2 heterocycles. The molecule has 23 heavy (non-hydrogen) atoms. The Bertz CT molecular complexity index is 821. The topological polar surface area (TPSA) is 64.7 Å². The van der Waals surface area contributed by atoms with Crippen LogP contribution in [0, 0.1) is 0 Å². The fourth-order valence-corrected chi connectivity index (χ4v) is 2.62. The highest BCUT2D eigenvalue weighted by Gasteiger charge is 2.18. The first-order chi connectivity index (χ1) is 11.0. The Morgan fingerprint density at radius 3 is 2.61 bits per heavy atom. The van der Waals surface area contributed by atoms with E-state index in [1.807, 2.05) is 30.3 Å². The summed E-state index contributed by atoms with van der Waals surface area (Å²) in [5.41, 5.74) is 1.33. The Morgan fingerprint density at radius 2 is 1.96 bits per heavy atom. The maximum Gasteiger partial charge on any atom is 0.276 e. The van der Waals surface area contributed by atoms with Gasteiger partial charge < -0.3 is 5.32 Å². The fraction of sp³-hybridized carbons (Fsp3) is 0.133. The summed E-state index contributed by atoms with van der Waals surface area (Å²) >= 11 is 12.1. The molecule has 3 aromatic rings. The van der Waals surface area contributed by atoms with Gasteiger partial charge in [0.05, 0.1) is 17.8 Å². The van der Waals surface area contributed by atoms with E-state index in [1.165, 1.54) is 10.9 Å². The van der Waals surface area contributed by atoms with Crippen molar-refractivity contribution in [3.63, 3.8) is 0 Å². The fourth-order valence-electron chi connectivity index (χ4n) is 2.17. The second-order valence-corrected chi connectivity index (χ2v) is 5.74. The minimum absolute atomic E-state index is 0.250. The lowest BCUT2D eigenvalue weighted by molar-refractivity contribution is 0.101. The Labute approximate surface area is 142 Å². The van der Waals surface area contributed by atoms with Crippen LogP contribution in [0.15, 0.2) is 42.7 Å². The number of hydrogen-bond acceptors (Lipinski definition) is 3. The molecular formula is C15H13Cl2N5O. The van der Waals surface area contributed by atoms with Gasteiger partial charge in [-0.05, 0) is 5.56 Å². The lowest BCUT2D eigenvalue weighted by Crippen LogP contribution is -2.17. The number of nitrogens with zero attached hydrogens (tertiary/aromatic N) is 4. The van der Waals surface area contributed by atoms with E-state index in [0.29, 0.717) is 11.6 Å². The molecule has 0 saturated carbocycles. The van der Waals surface area contributed by atoms with Crippen molar-refractivity contribution in [3.05, 3.63) is 64.0 Å². The Morgan fingerprint density at radius 1 is 1.22 bits per heavy atom. The average Bonchev–Trinajstić information content (AvgIpc) is 3.03. The van der Waals surface area contributed by atoms with Crippen LogP contribution in [-0.4, -0.2) is 25.5 Å². The summed E-state index contributed by atoms with van der Waals surface area (Å²) in [5.74, 6) is -0.133. The second-order valence-electron chi connectivity index (χ2n) is 4.93. The van der Waals surface area contributed by atoms with Crippen molar-refractivity contribution < 1.29 is 4.79 Å². The number of carbonyl (C=O) groups is 1. The number of benzene rings is 1. The molecule has 0 aliphatic heterocycles. The molecule has 1 amide bonds.